The Morgan fingerprint density at radius 1 is 1.62 bits per heavy atom. The van der Waals surface area contributed by atoms with E-state index in [4.69, 9.17) is 15.6 Å². The van der Waals surface area contributed by atoms with Crippen LogP contribution in [0.25, 0.3) is 0 Å². The van der Waals surface area contributed by atoms with Crippen LogP contribution in [0.15, 0.2) is 18.2 Å². The summed E-state index contributed by atoms with van der Waals surface area (Å²) in [6.45, 7) is 1.95. The van der Waals surface area contributed by atoms with E-state index < -0.39 is 17.8 Å². The second-order valence-electron chi connectivity index (χ2n) is 3.32. The zero-order valence-electron chi connectivity index (χ0n) is 8.94. The van der Waals surface area contributed by atoms with Crippen molar-refractivity contribution in [3.05, 3.63) is 29.6 Å². The Balaban J connectivity index is 2.72. The minimum atomic E-state index is -0.764. The van der Waals surface area contributed by atoms with E-state index in [1.165, 1.54) is 12.1 Å². The lowest BCUT2D eigenvalue weighted by Crippen LogP contribution is -2.18. The van der Waals surface area contributed by atoms with Gasteiger partial charge in [-0.15, -0.1) is 0 Å². The molecular weight excluding hydrogens is 213 g/mol. The van der Waals surface area contributed by atoms with E-state index in [-0.39, 0.29) is 24.3 Å². The Labute approximate surface area is 92.8 Å². The van der Waals surface area contributed by atoms with Crippen molar-refractivity contribution in [2.75, 3.05) is 6.61 Å². The molecule has 0 spiro atoms. The number of ether oxygens (including phenoxy) is 1. The maximum absolute atomic E-state index is 13.3. The van der Waals surface area contributed by atoms with Crippen molar-refractivity contribution in [2.24, 2.45) is 5.73 Å². The number of phenols is 1. The molecule has 0 saturated heterocycles. The molecule has 1 atom stereocenters. The molecule has 1 aromatic rings. The predicted molar refractivity (Wildman–Crippen MR) is 56.2 cm³/mol. The zero-order valence-corrected chi connectivity index (χ0v) is 8.94. The van der Waals surface area contributed by atoms with Crippen LogP contribution in [0.3, 0.4) is 0 Å². The number of hydrogen-bond acceptors (Lipinski definition) is 4. The molecule has 0 bridgehead atoms. The lowest BCUT2D eigenvalue weighted by molar-refractivity contribution is -0.143. The summed E-state index contributed by atoms with van der Waals surface area (Å²) in [7, 11) is 0. The smallest absolute Gasteiger partial charge is 0.307 e. The van der Waals surface area contributed by atoms with Crippen LogP contribution < -0.4 is 5.73 Å². The van der Waals surface area contributed by atoms with E-state index in [1.54, 1.807) is 6.92 Å². The van der Waals surface area contributed by atoms with Crippen molar-refractivity contribution in [1.82, 2.24) is 0 Å². The SMILES string of the molecule is CCOC(=O)C[C@@H](N)c1ccc(O)cc1F. The maximum atomic E-state index is 13.3. The van der Waals surface area contributed by atoms with Crippen LogP contribution in [0.2, 0.25) is 0 Å². The van der Waals surface area contributed by atoms with E-state index in [2.05, 4.69) is 0 Å². The summed E-state index contributed by atoms with van der Waals surface area (Å²) < 4.78 is 18.1. The molecule has 16 heavy (non-hydrogen) atoms. The highest BCUT2D eigenvalue weighted by Gasteiger charge is 2.16. The first-order valence-corrected chi connectivity index (χ1v) is 4.94. The maximum Gasteiger partial charge on any atom is 0.307 e. The standard InChI is InChI=1S/C11H14FNO3/c1-2-16-11(15)6-10(13)8-4-3-7(14)5-9(8)12/h3-5,10,14H,2,6,13H2,1H3/t10-/m1/s1. The van der Waals surface area contributed by atoms with E-state index in [1.807, 2.05) is 0 Å². The molecule has 88 valence electrons. The first kappa shape index (κ1) is 12.4. The van der Waals surface area contributed by atoms with Gasteiger partial charge in [0.05, 0.1) is 13.0 Å². The van der Waals surface area contributed by atoms with E-state index in [9.17, 15) is 9.18 Å². The Morgan fingerprint density at radius 2 is 2.31 bits per heavy atom. The van der Waals surface area contributed by atoms with Crippen molar-refractivity contribution in [2.45, 2.75) is 19.4 Å². The number of carbonyl (C=O) groups is 1. The summed E-state index contributed by atoms with van der Waals surface area (Å²) in [6.07, 6.45) is -0.0878. The number of carbonyl (C=O) groups excluding carboxylic acids is 1. The van der Waals surface area contributed by atoms with E-state index >= 15 is 0 Å². The van der Waals surface area contributed by atoms with Gasteiger partial charge in [0.15, 0.2) is 0 Å². The topological polar surface area (TPSA) is 72.5 Å². The van der Waals surface area contributed by atoms with Crippen LogP contribution in [0, 0.1) is 5.82 Å². The normalized spacial score (nSPS) is 12.2. The fraction of sp³-hybridized carbons (Fsp3) is 0.364. The minimum Gasteiger partial charge on any atom is -0.508 e. The highest BCUT2D eigenvalue weighted by atomic mass is 19.1. The van der Waals surface area contributed by atoms with Crippen molar-refractivity contribution < 1.29 is 19.0 Å². The molecule has 0 heterocycles. The molecule has 0 radical (unpaired) electrons. The number of hydrogen-bond donors (Lipinski definition) is 2. The quantitative estimate of drug-likeness (QED) is 0.764. The van der Waals surface area contributed by atoms with Crippen molar-refractivity contribution in [3.8, 4) is 5.75 Å². The molecule has 0 amide bonds. The van der Waals surface area contributed by atoms with Crippen molar-refractivity contribution in [3.63, 3.8) is 0 Å². The molecule has 0 aromatic heterocycles. The van der Waals surface area contributed by atoms with Gasteiger partial charge >= 0.3 is 5.97 Å². The van der Waals surface area contributed by atoms with Crippen LogP contribution in [-0.4, -0.2) is 17.7 Å². The summed E-state index contributed by atoms with van der Waals surface area (Å²) in [5.41, 5.74) is 5.84. The van der Waals surface area contributed by atoms with Gasteiger partial charge in [0.1, 0.15) is 11.6 Å². The molecule has 0 fully saturated rings. The Morgan fingerprint density at radius 3 is 2.88 bits per heavy atom. The molecule has 0 aliphatic heterocycles. The van der Waals surface area contributed by atoms with E-state index in [0.29, 0.717) is 0 Å². The summed E-state index contributed by atoms with van der Waals surface area (Å²) in [6, 6.07) is 2.87. The fourth-order valence-electron chi connectivity index (χ4n) is 1.33. The molecule has 0 aliphatic carbocycles. The second-order valence-corrected chi connectivity index (χ2v) is 3.32. The van der Waals surface area contributed by atoms with Gasteiger partial charge in [-0.3, -0.25) is 4.79 Å². The molecule has 1 aromatic carbocycles. The monoisotopic (exact) mass is 227 g/mol. The van der Waals surface area contributed by atoms with Crippen molar-refractivity contribution >= 4 is 5.97 Å². The van der Waals surface area contributed by atoms with Crippen LogP contribution in [0.1, 0.15) is 24.9 Å². The van der Waals surface area contributed by atoms with E-state index in [0.717, 1.165) is 6.07 Å². The highest BCUT2D eigenvalue weighted by molar-refractivity contribution is 5.70. The average Bonchev–Trinajstić information content (AvgIpc) is 2.17. The molecule has 1 rings (SSSR count). The lowest BCUT2D eigenvalue weighted by Gasteiger charge is -2.12. The largest absolute Gasteiger partial charge is 0.508 e. The predicted octanol–water partition coefficient (Wildman–Crippen LogP) is 1.48. The number of benzene rings is 1. The highest BCUT2D eigenvalue weighted by Crippen LogP contribution is 2.22. The summed E-state index contributed by atoms with van der Waals surface area (Å²) in [4.78, 5) is 11.1. The molecule has 4 nitrogen and oxygen atoms in total. The van der Waals surface area contributed by atoms with Gasteiger partial charge in [-0.1, -0.05) is 6.07 Å². The minimum absolute atomic E-state index is 0.0878. The fourth-order valence-corrected chi connectivity index (χ4v) is 1.33. The molecule has 5 heteroatoms. The first-order chi connectivity index (χ1) is 7.54. The number of nitrogens with two attached hydrogens (primary N) is 1. The number of aromatic hydroxyl groups is 1. The Hall–Kier alpha value is -1.62. The van der Waals surface area contributed by atoms with Gasteiger partial charge in [0, 0.05) is 17.7 Å². The average molecular weight is 227 g/mol. The molecule has 0 aliphatic rings. The van der Waals surface area contributed by atoms with Crippen LogP contribution in [0.4, 0.5) is 4.39 Å². The first-order valence-electron chi connectivity index (χ1n) is 4.94. The third kappa shape index (κ3) is 3.20. The second kappa shape index (κ2) is 5.46. The van der Waals surface area contributed by atoms with Gasteiger partial charge in [0.25, 0.3) is 0 Å². The molecule has 3 N–H and O–H groups in total. The summed E-state index contributed by atoms with van der Waals surface area (Å²) in [5, 5.41) is 9.01. The van der Waals surface area contributed by atoms with Gasteiger partial charge in [0.2, 0.25) is 0 Å². The Bertz CT molecular complexity index is 381. The number of phenolic OH excluding ortho intramolecular Hbond substituents is 1. The van der Waals surface area contributed by atoms with Gasteiger partial charge in [-0.2, -0.15) is 0 Å². The third-order valence-corrected chi connectivity index (χ3v) is 2.08. The Kier molecular flexibility index (Phi) is 4.25. The molecule has 0 unspecified atom stereocenters. The number of halogens is 1. The molecular formula is C11H14FNO3. The number of rotatable bonds is 4. The number of esters is 1. The van der Waals surface area contributed by atoms with Gasteiger partial charge in [-0.25, -0.2) is 4.39 Å². The lowest BCUT2D eigenvalue weighted by atomic mass is 10.0. The summed E-state index contributed by atoms with van der Waals surface area (Å²) >= 11 is 0. The van der Waals surface area contributed by atoms with Crippen molar-refractivity contribution in [1.29, 1.82) is 0 Å². The zero-order chi connectivity index (χ0) is 12.1. The molecule has 0 saturated carbocycles. The third-order valence-electron chi connectivity index (χ3n) is 2.08. The summed E-state index contributed by atoms with van der Waals surface area (Å²) in [5.74, 6) is -1.27. The van der Waals surface area contributed by atoms with Gasteiger partial charge in [-0.05, 0) is 13.0 Å². The van der Waals surface area contributed by atoms with Crippen LogP contribution in [0.5, 0.6) is 5.75 Å². The van der Waals surface area contributed by atoms with Crippen LogP contribution in [-0.2, 0) is 9.53 Å². The van der Waals surface area contributed by atoms with Crippen LogP contribution >= 0.6 is 0 Å². The van der Waals surface area contributed by atoms with Gasteiger partial charge < -0.3 is 15.6 Å².